The topological polar surface area (TPSA) is 34.9 Å². The van der Waals surface area contributed by atoms with Gasteiger partial charge in [-0.3, -0.25) is 9.36 Å². The second-order valence-electron chi connectivity index (χ2n) is 2.39. The van der Waals surface area contributed by atoms with Gasteiger partial charge in [-0.15, -0.1) is 6.58 Å². The van der Waals surface area contributed by atoms with E-state index in [4.69, 9.17) is 0 Å². The molecule has 0 amide bonds. The number of rotatable bonds is 3. The van der Waals surface area contributed by atoms with E-state index >= 15 is 0 Å². The van der Waals surface area contributed by atoms with Gasteiger partial charge in [-0.2, -0.15) is 0 Å². The van der Waals surface area contributed by atoms with Crippen molar-refractivity contribution in [3.8, 4) is 0 Å². The molecule has 0 aliphatic carbocycles. The minimum atomic E-state index is -2.70. The maximum Gasteiger partial charge on any atom is 0.280 e. The minimum Gasteiger partial charge on any atom is -0.295 e. The second-order valence-corrected chi connectivity index (χ2v) is 2.39. The highest BCUT2D eigenvalue weighted by Gasteiger charge is 2.09. The number of nitrogens with zero attached hydrogens (tertiary/aromatic N) is 2. The van der Waals surface area contributed by atoms with Crippen molar-refractivity contribution in [3.63, 3.8) is 0 Å². The number of hydrogen-bond acceptors (Lipinski definition) is 2. The van der Waals surface area contributed by atoms with Crippen molar-refractivity contribution >= 4 is 0 Å². The highest BCUT2D eigenvalue weighted by Crippen LogP contribution is 2.12. The molecule has 0 saturated heterocycles. The van der Waals surface area contributed by atoms with E-state index in [0.717, 1.165) is 12.4 Å². The van der Waals surface area contributed by atoms with Gasteiger partial charge in [0.15, 0.2) is 0 Å². The van der Waals surface area contributed by atoms with Crippen LogP contribution in [0, 0.1) is 0 Å². The Morgan fingerprint density at radius 1 is 1.69 bits per heavy atom. The van der Waals surface area contributed by atoms with Gasteiger partial charge < -0.3 is 0 Å². The van der Waals surface area contributed by atoms with Crippen LogP contribution in [-0.2, 0) is 6.54 Å². The highest BCUT2D eigenvalue weighted by molar-refractivity contribution is 5.01. The van der Waals surface area contributed by atoms with Gasteiger partial charge in [0.1, 0.15) is 5.69 Å². The van der Waals surface area contributed by atoms with Crippen LogP contribution < -0.4 is 5.56 Å². The van der Waals surface area contributed by atoms with Crippen molar-refractivity contribution in [2.24, 2.45) is 0 Å². The third-order valence-corrected chi connectivity index (χ3v) is 1.45. The molecule has 0 spiro atoms. The van der Waals surface area contributed by atoms with Gasteiger partial charge >= 0.3 is 0 Å². The van der Waals surface area contributed by atoms with Crippen molar-refractivity contribution in [1.29, 1.82) is 0 Å². The van der Waals surface area contributed by atoms with Crippen molar-refractivity contribution in [1.82, 2.24) is 9.55 Å². The lowest BCUT2D eigenvalue weighted by molar-refractivity contribution is 0.145. The van der Waals surface area contributed by atoms with E-state index in [1.54, 1.807) is 0 Å². The molecule has 0 aliphatic heterocycles. The molecule has 1 aromatic rings. The van der Waals surface area contributed by atoms with Crippen LogP contribution in [0.1, 0.15) is 12.1 Å². The molecule has 0 N–H and O–H groups in total. The van der Waals surface area contributed by atoms with Crippen molar-refractivity contribution < 1.29 is 8.78 Å². The summed E-state index contributed by atoms with van der Waals surface area (Å²) >= 11 is 0. The fourth-order valence-corrected chi connectivity index (χ4v) is 0.835. The maximum atomic E-state index is 12.0. The van der Waals surface area contributed by atoms with E-state index in [0.29, 0.717) is 0 Å². The first kappa shape index (κ1) is 9.57. The third kappa shape index (κ3) is 2.21. The average molecular weight is 186 g/mol. The molecule has 1 heterocycles. The number of halogens is 2. The van der Waals surface area contributed by atoms with Crippen molar-refractivity contribution in [2.75, 3.05) is 0 Å². The van der Waals surface area contributed by atoms with Crippen LogP contribution in [-0.4, -0.2) is 9.55 Å². The predicted octanol–water partition coefficient (Wildman–Crippen LogP) is 1.37. The molecule has 13 heavy (non-hydrogen) atoms. The summed E-state index contributed by atoms with van der Waals surface area (Å²) in [6, 6.07) is 0.828. The smallest absolute Gasteiger partial charge is 0.280 e. The van der Waals surface area contributed by atoms with Gasteiger partial charge in [-0.25, -0.2) is 13.8 Å². The van der Waals surface area contributed by atoms with Gasteiger partial charge in [-0.05, 0) is 0 Å². The molecule has 3 nitrogen and oxygen atoms in total. The Kier molecular flexibility index (Phi) is 2.89. The zero-order valence-electron chi connectivity index (χ0n) is 6.78. The average Bonchev–Trinajstić information content (AvgIpc) is 2.08. The molecule has 0 atom stereocenters. The first-order chi connectivity index (χ1) is 6.15. The van der Waals surface area contributed by atoms with Crippen molar-refractivity contribution in [2.45, 2.75) is 13.0 Å². The number of hydrogen-bond donors (Lipinski definition) is 0. The van der Waals surface area contributed by atoms with Gasteiger partial charge in [-0.1, -0.05) is 6.08 Å². The molecule has 0 unspecified atom stereocenters. The third-order valence-electron chi connectivity index (χ3n) is 1.45. The number of alkyl halides is 2. The highest BCUT2D eigenvalue weighted by atomic mass is 19.3. The summed E-state index contributed by atoms with van der Waals surface area (Å²) < 4.78 is 25.3. The summed E-state index contributed by atoms with van der Waals surface area (Å²) in [5.74, 6) is 0. The second kappa shape index (κ2) is 3.93. The summed E-state index contributed by atoms with van der Waals surface area (Å²) in [6.07, 6.45) is -0.123. The van der Waals surface area contributed by atoms with Crippen LogP contribution in [0.5, 0.6) is 0 Å². The Bertz CT molecular complexity index is 359. The first-order valence-corrected chi connectivity index (χ1v) is 3.60. The lowest BCUT2D eigenvalue weighted by atomic mass is 10.4. The molecule has 1 aromatic heterocycles. The summed E-state index contributed by atoms with van der Waals surface area (Å²) in [7, 11) is 0. The lowest BCUT2D eigenvalue weighted by Gasteiger charge is -2.01. The van der Waals surface area contributed by atoms with Gasteiger partial charge in [0, 0.05) is 12.6 Å². The molecule has 1 rings (SSSR count). The van der Waals surface area contributed by atoms with E-state index in [2.05, 4.69) is 11.6 Å². The van der Waals surface area contributed by atoms with Crippen LogP contribution in [0.4, 0.5) is 8.78 Å². The molecule has 70 valence electrons. The van der Waals surface area contributed by atoms with E-state index in [1.807, 2.05) is 0 Å². The molecule has 0 bridgehead atoms. The van der Waals surface area contributed by atoms with Gasteiger partial charge in [0.25, 0.3) is 12.0 Å². The van der Waals surface area contributed by atoms with Crippen LogP contribution in [0.2, 0.25) is 0 Å². The fourth-order valence-electron chi connectivity index (χ4n) is 0.835. The van der Waals surface area contributed by atoms with E-state index < -0.39 is 17.7 Å². The largest absolute Gasteiger partial charge is 0.295 e. The monoisotopic (exact) mass is 186 g/mol. The molecule has 0 fully saturated rings. The van der Waals surface area contributed by atoms with E-state index in [1.165, 1.54) is 10.6 Å². The molecule has 5 heteroatoms. The molecule has 0 aromatic carbocycles. The summed E-state index contributed by atoms with van der Waals surface area (Å²) in [6.45, 7) is 3.69. The first-order valence-electron chi connectivity index (χ1n) is 3.60. The molecular formula is C8H8F2N2O. The fraction of sp³-hybridized carbons (Fsp3) is 0.250. The quantitative estimate of drug-likeness (QED) is 0.668. The molecular weight excluding hydrogens is 178 g/mol. The Hall–Kier alpha value is -1.52. The SMILES string of the molecule is C=CCn1cnc(C(F)F)cc1=O. The molecule has 0 radical (unpaired) electrons. The molecule has 0 saturated carbocycles. The maximum absolute atomic E-state index is 12.0. The van der Waals surface area contributed by atoms with Crippen molar-refractivity contribution in [3.05, 3.63) is 41.1 Å². The normalized spacial score (nSPS) is 10.4. The number of allylic oxidation sites excluding steroid dienone is 1. The zero-order chi connectivity index (χ0) is 9.84. The number of aromatic nitrogens is 2. The van der Waals surface area contributed by atoms with E-state index in [9.17, 15) is 13.6 Å². The Morgan fingerprint density at radius 2 is 2.38 bits per heavy atom. The lowest BCUT2D eigenvalue weighted by Crippen LogP contribution is -2.19. The van der Waals surface area contributed by atoms with Gasteiger partial charge in [0.2, 0.25) is 0 Å². The summed E-state index contributed by atoms with van der Waals surface area (Å²) in [5, 5.41) is 0. The Morgan fingerprint density at radius 3 is 2.85 bits per heavy atom. The Balaban J connectivity index is 3.05. The standard InChI is InChI=1S/C8H8F2N2O/c1-2-3-12-5-11-6(8(9)10)4-7(12)13/h2,4-5,8H,1,3H2. The van der Waals surface area contributed by atoms with Crippen LogP contribution >= 0.6 is 0 Å². The van der Waals surface area contributed by atoms with Crippen LogP contribution in [0.3, 0.4) is 0 Å². The van der Waals surface area contributed by atoms with E-state index in [-0.39, 0.29) is 6.54 Å². The predicted molar refractivity (Wildman–Crippen MR) is 43.7 cm³/mol. The van der Waals surface area contributed by atoms with Gasteiger partial charge in [0.05, 0.1) is 6.33 Å². The van der Waals surface area contributed by atoms with Crippen LogP contribution in [0.25, 0.3) is 0 Å². The molecule has 0 aliphatic rings. The summed E-state index contributed by atoms with van der Waals surface area (Å²) in [5.41, 5.74) is -0.990. The zero-order valence-corrected chi connectivity index (χ0v) is 6.78. The van der Waals surface area contributed by atoms with Crippen LogP contribution in [0.15, 0.2) is 29.8 Å². The summed E-state index contributed by atoms with van der Waals surface area (Å²) in [4.78, 5) is 14.5. The minimum absolute atomic E-state index is 0.273. The Labute approximate surface area is 73.3 Å².